The molecule has 1 N–H and O–H groups in total. The van der Waals surface area contributed by atoms with E-state index in [1.165, 1.54) is 12.1 Å². The second kappa shape index (κ2) is 11.7. The van der Waals surface area contributed by atoms with Gasteiger partial charge in [-0.3, -0.25) is 14.5 Å². The van der Waals surface area contributed by atoms with Gasteiger partial charge < -0.3 is 19.7 Å². The summed E-state index contributed by atoms with van der Waals surface area (Å²) in [6, 6.07) is 11.1. The number of carbonyl (C=O) groups is 2. The number of amides is 2. The Labute approximate surface area is 192 Å². The van der Waals surface area contributed by atoms with E-state index in [1.807, 2.05) is 36.1 Å². The molecule has 9 heteroatoms. The maximum atomic E-state index is 13.2. The summed E-state index contributed by atoms with van der Waals surface area (Å²) in [6.07, 6.45) is 0. The van der Waals surface area contributed by atoms with Crippen molar-refractivity contribution >= 4 is 23.4 Å². The molecule has 0 atom stereocenters. The van der Waals surface area contributed by atoms with Gasteiger partial charge in [-0.2, -0.15) is 0 Å². The van der Waals surface area contributed by atoms with Gasteiger partial charge in [0.15, 0.2) is 0 Å². The van der Waals surface area contributed by atoms with Crippen LogP contribution in [0.15, 0.2) is 42.5 Å². The highest BCUT2D eigenvalue weighted by Gasteiger charge is 2.24. The Kier molecular flexibility index (Phi) is 8.70. The molecule has 3 rings (SSSR count). The lowest BCUT2D eigenvalue weighted by Gasteiger charge is -2.34. The first kappa shape index (κ1) is 23.8. The summed E-state index contributed by atoms with van der Waals surface area (Å²) >= 11 is 5.99. The predicted molar refractivity (Wildman–Crippen MR) is 120 cm³/mol. The number of nitrogens with one attached hydrogen (secondary N) is 1. The van der Waals surface area contributed by atoms with E-state index in [4.69, 9.17) is 21.1 Å². The van der Waals surface area contributed by atoms with E-state index in [9.17, 15) is 14.0 Å². The van der Waals surface area contributed by atoms with Crippen LogP contribution in [0.5, 0.6) is 11.5 Å². The molecule has 2 amide bonds. The zero-order chi connectivity index (χ0) is 22.9. The smallest absolute Gasteiger partial charge is 0.255 e. The number of nitrogens with zero attached hydrogens (tertiary/aromatic N) is 2. The number of rotatable bonds is 9. The van der Waals surface area contributed by atoms with E-state index in [1.54, 1.807) is 4.90 Å². The summed E-state index contributed by atoms with van der Waals surface area (Å²) < 4.78 is 24.2. The van der Waals surface area contributed by atoms with Crippen molar-refractivity contribution in [2.24, 2.45) is 0 Å². The van der Waals surface area contributed by atoms with Crippen molar-refractivity contribution in [2.45, 2.75) is 6.92 Å². The first-order valence-corrected chi connectivity index (χ1v) is 10.9. The van der Waals surface area contributed by atoms with Gasteiger partial charge in [-0.05, 0) is 49.4 Å². The number of hydrogen-bond donors (Lipinski definition) is 1. The van der Waals surface area contributed by atoms with Gasteiger partial charge in [0, 0.05) is 26.2 Å². The third-order valence-corrected chi connectivity index (χ3v) is 5.33. The fraction of sp³-hybridized carbons (Fsp3) is 0.391. The molecule has 172 valence electrons. The topological polar surface area (TPSA) is 71.1 Å². The summed E-state index contributed by atoms with van der Waals surface area (Å²) in [5.41, 5.74) is 0.284. The minimum atomic E-state index is -0.479. The lowest BCUT2D eigenvalue weighted by Crippen LogP contribution is -2.51. The van der Waals surface area contributed by atoms with Crippen LogP contribution < -0.4 is 14.8 Å². The minimum absolute atomic E-state index is 0.0957. The SMILES string of the molecule is CCOc1ccc(OCCNC(=O)CN2CCN(C(=O)c3ccc(F)cc3Cl)CC2)cc1. The number of piperazine rings is 1. The Balaban J connectivity index is 1.34. The standard InChI is InChI=1S/C23H27ClFN3O4/c1-2-31-18-4-6-19(7-5-18)32-14-9-26-22(29)16-27-10-12-28(13-11-27)23(30)20-8-3-17(25)15-21(20)24/h3-8,15H,2,9-14,16H2,1H3,(H,26,29). The van der Waals surface area contributed by atoms with Gasteiger partial charge in [0.2, 0.25) is 5.91 Å². The summed E-state index contributed by atoms with van der Waals surface area (Å²) in [5, 5.41) is 2.94. The number of hydrogen-bond acceptors (Lipinski definition) is 5. The molecule has 0 bridgehead atoms. The van der Waals surface area contributed by atoms with Crippen molar-refractivity contribution in [3.05, 3.63) is 58.9 Å². The van der Waals surface area contributed by atoms with Crippen molar-refractivity contribution in [2.75, 3.05) is 52.5 Å². The molecule has 0 saturated carbocycles. The molecule has 1 saturated heterocycles. The van der Waals surface area contributed by atoms with Crippen LogP contribution in [-0.2, 0) is 4.79 Å². The molecule has 1 fully saturated rings. The van der Waals surface area contributed by atoms with Crippen molar-refractivity contribution in [1.29, 1.82) is 0 Å². The molecule has 0 spiro atoms. The third-order valence-electron chi connectivity index (χ3n) is 5.02. The van der Waals surface area contributed by atoms with Gasteiger partial charge in [0.1, 0.15) is 23.9 Å². The minimum Gasteiger partial charge on any atom is -0.494 e. The molecular weight excluding hydrogens is 437 g/mol. The van der Waals surface area contributed by atoms with Gasteiger partial charge in [0.25, 0.3) is 5.91 Å². The van der Waals surface area contributed by atoms with Gasteiger partial charge in [-0.1, -0.05) is 11.6 Å². The van der Waals surface area contributed by atoms with Crippen LogP contribution in [0.1, 0.15) is 17.3 Å². The van der Waals surface area contributed by atoms with E-state index in [0.717, 1.165) is 11.8 Å². The Hall–Kier alpha value is -2.84. The maximum absolute atomic E-state index is 13.2. The zero-order valence-corrected chi connectivity index (χ0v) is 18.7. The molecular formula is C23H27ClFN3O4. The van der Waals surface area contributed by atoms with Crippen LogP contribution in [0, 0.1) is 5.82 Å². The van der Waals surface area contributed by atoms with Gasteiger partial charge in [-0.25, -0.2) is 4.39 Å². The van der Waals surface area contributed by atoms with Crippen LogP contribution in [-0.4, -0.2) is 74.1 Å². The highest BCUT2D eigenvalue weighted by Crippen LogP contribution is 2.20. The van der Waals surface area contributed by atoms with E-state index in [2.05, 4.69) is 5.32 Å². The van der Waals surface area contributed by atoms with Crippen LogP contribution in [0.2, 0.25) is 5.02 Å². The molecule has 7 nitrogen and oxygen atoms in total. The number of carbonyl (C=O) groups excluding carboxylic acids is 2. The van der Waals surface area contributed by atoms with E-state index < -0.39 is 5.82 Å². The van der Waals surface area contributed by atoms with Crippen LogP contribution in [0.4, 0.5) is 4.39 Å². The molecule has 0 aromatic heterocycles. The quantitative estimate of drug-likeness (QED) is 0.579. The number of halogens is 2. The van der Waals surface area contributed by atoms with Gasteiger partial charge in [-0.15, -0.1) is 0 Å². The van der Waals surface area contributed by atoms with Crippen LogP contribution >= 0.6 is 11.6 Å². The van der Waals surface area contributed by atoms with Crippen molar-refractivity contribution in [1.82, 2.24) is 15.1 Å². The Morgan fingerprint density at radius 2 is 1.69 bits per heavy atom. The van der Waals surface area contributed by atoms with Crippen LogP contribution in [0.25, 0.3) is 0 Å². The first-order chi connectivity index (χ1) is 15.5. The fourth-order valence-electron chi connectivity index (χ4n) is 3.36. The van der Waals surface area contributed by atoms with E-state index in [-0.39, 0.29) is 28.9 Å². The second-order valence-electron chi connectivity index (χ2n) is 7.30. The average molecular weight is 464 g/mol. The maximum Gasteiger partial charge on any atom is 0.255 e. The zero-order valence-electron chi connectivity index (χ0n) is 18.0. The first-order valence-electron chi connectivity index (χ1n) is 10.6. The Morgan fingerprint density at radius 1 is 1.03 bits per heavy atom. The molecule has 1 aliphatic rings. The average Bonchev–Trinajstić information content (AvgIpc) is 2.78. The van der Waals surface area contributed by atoms with E-state index >= 15 is 0 Å². The molecule has 0 aliphatic carbocycles. The molecule has 2 aromatic carbocycles. The number of benzene rings is 2. The van der Waals surface area contributed by atoms with E-state index in [0.29, 0.717) is 51.7 Å². The van der Waals surface area contributed by atoms with Crippen LogP contribution in [0.3, 0.4) is 0 Å². The molecule has 32 heavy (non-hydrogen) atoms. The monoisotopic (exact) mass is 463 g/mol. The van der Waals surface area contributed by atoms with Crippen molar-refractivity contribution in [3.8, 4) is 11.5 Å². The summed E-state index contributed by atoms with van der Waals surface area (Å²) in [4.78, 5) is 28.4. The third kappa shape index (κ3) is 6.83. The summed E-state index contributed by atoms with van der Waals surface area (Å²) in [5.74, 6) is 0.694. The molecule has 1 heterocycles. The lowest BCUT2D eigenvalue weighted by molar-refractivity contribution is -0.122. The Morgan fingerprint density at radius 3 is 2.31 bits per heavy atom. The van der Waals surface area contributed by atoms with Crippen molar-refractivity contribution < 1.29 is 23.5 Å². The number of ether oxygens (including phenoxy) is 2. The highest BCUT2D eigenvalue weighted by molar-refractivity contribution is 6.33. The van der Waals surface area contributed by atoms with Crippen molar-refractivity contribution in [3.63, 3.8) is 0 Å². The molecule has 2 aromatic rings. The normalized spacial score (nSPS) is 14.2. The molecule has 0 unspecified atom stereocenters. The van der Waals surface area contributed by atoms with Gasteiger partial charge >= 0.3 is 0 Å². The highest BCUT2D eigenvalue weighted by atomic mass is 35.5. The molecule has 0 radical (unpaired) electrons. The van der Waals surface area contributed by atoms with Gasteiger partial charge in [0.05, 0.1) is 30.3 Å². The second-order valence-corrected chi connectivity index (χ2v) is 7.70. The molecule has 1 aliphatic heterocycles. The predicted octanol–water partition coefficient (Wildman–Crippen LogP) is 2.83. The lowest BCUT2D eigenvalue weighted by atomic mass is 10.1. The Bertz CT molecular complexity index is 918. The largest absolute Gasteiger partial charge is 0.494 e. The fourth-order valence-corrected chi connectivity index (χ4v) is 3.61. The summed E-state index contributed by atoms with van der Waals surface area (Å²) in [7, 11) is 0. The summed E-state index contributed by atoms with van der Waals surface area (Å²) in [6.45, 7) is 5.63.